The van der Waals surface area contributed by atoms with Crippen LogP contribution in [0.1, 0.15) is 118 Å². The highest BCUT2D eigenvalue weighted by Crippen LogP contribution is 2.49. The van der Waals surface area contributed by atoms with Crippen molar-refractivity contribution < 1.29 is 69.3 Å². The molecule has 16 nitrogen and oxygen atoms in total. The van der Waals surface area contributed by atoms with Crippen molar-refractivity contribution in [2.45, 2.75) is 113 Å². The number of likely N-dealkylation sites (tertiary alicyclic amines) is 2. The van der Waals surface area contributed by atoms with Gasteiger partial charge in [0.1, 0.15) is 24.8 Å². The number of unbranched alkanes of at least 4 members (excludes halogenated alkanes) is 2. The number of benzene rings is 6. The summed E-state index contributed by atoms with van der Waals surface area (Å²) in [7, 11) is 7.37. The first-order valence-corrected chi connectivity index (χ1v) is 34.1. The Kier molecular flexibility index (Phi) is 24.1. The number of piperidine rings is 2. The van der Waals surface area contributed by atoms with Crippen LogP contribution in [0, 0.1) is 5.82 Å². The molecule has 1 spiro atoms. The number of anilines is 1. The van der Waals surface area contributed by atoms with Crippen LogP contribution in [-0.2, 0) is 55.4 Å². The van der Waals surface area contributed by atoms with Crippen LogP contribution in [0.4, 0.5) is 41.2 Å². The molecule has 3 saturated heterocycles. The van der Waals surface area contributed by atoms with Crippen molar-refractivity contribution in [1.29, 1.82) is 0 Å². The summed E-state index contributed by atoms with van der Waals surface area (Å²) >= 11 is 0. The van der Waals surface area contributed by atoms with Crippen LogP contribution in [0.3, 0.4) is 0 Å². The van der Waals surface area contributed by atoms with Crippen LogP contribution in [0.25, 0.3) is 11.1 Å². The highest BCUT2D eigenvalue weighted by atomic mass is 19.4. The summed E-state index contributed by atoms with van der Waals surface area (Å²) in [5.74, 6) is -1.81. The smallest absolute Gasteiger partial charge is 0.416 e. The second kappa shape index (κ2) is 32.4. The second-order valence-electron chi connectivity index (χ2n) is 27.0. The highest BCUT2D eigenvalue weighted by Gasteiger charge is 2.50. The van der Waals surface area contributed by atoms with Crippen molar-refractivity contribution in [2.75, 3.05) is 118 Å². The number of nitrogens with zero attached hydrogens (tertiary/aromatic N) is 8. The number of carboxylic acid groups (broad SMARTS) is 1. The van der Waals surface area contributed by atoms with Crippen LogP contribution in [0.2, 0.25) is 0 Å². The van der Waals surface area contributed by atoms with Crippen molar-refractivity contribution in [3.63, 3.8) is 0 Å². The number of carbonyl (C=O) groups is 5. The third-order valence-corrected chi connectivity index (χ3v) is 20.4. The quantitative estimate of drug-likeness (QED) is 0.0388. The van der Waals surface area contributed by atoms with E-state index in [9.17, 15) is 59.8 Å². The normalized spacial score (nSPS) is 18.2. The molecule has 0 bridgehead atoms. The molecule has 3 fully saturated rings. The monoisotopic (exact) mass is 1370 g/mol. The number of hydrogen-bond acceptors (Lipinski definition) is 10. The molecule has 5 amide bonds. The number of fused-ring (bicyclic) bond motifs is 2. The number of alkyl halides is 6. The number of para-hydroxylation sites is 1. The van der Waals surface area contributed by atoms with Gasteiger partial charge in [0.05, 0.1) is 29.5 Å². The topological polar surface area (TPSA) is 150 Å². The molecule has 0 aromatic heterocycles. The first-order chi connectivity index (χ1) is 47.3. The van der Waals surface area contributed by atoms with E-state index >= 15 is 0 Å². The van der Waals surface area contributed by atoms with Gasteiger partial charge in [-0.05, 0) is 161 Å². The molecule has 3 heterocycles. The van der Waals surface area contributed by atoms with Gasteiger partial charge in [-0.25, -0.2) is 9.18 Å². The average molecular weight is 1380 g/mol. The van der Waals surface area contributed by atoms with Crippen molar-refractivity contribution in [3.05, 3.63) is 196 Å². The summed E-state index contributed by atoms with van der Waals surface area (Å²) in [4.78, 5) is 81.5. The molecule has 10 rings (SSSR count). The molecule has 530 valence electrons. The summed E-state index contributed by atoms with van der Waals surface area (Å²) in [5, 5.41) is 10.4. The van der Waals surface area contributed by atoms with E-state index in [1.165, 1.54) is 29.2 Å². The van der Waals surface area contributed by atoms with Gasteiger partial charge in [0, 0.05) is 108 Å². The Bertz CT molecular complexity index is 3720. The number of rotatable bonds is 27. The molecular weight excluding hydrogens is 1290 g/mol. The van der Waals surface area contributed by atoms with Gasteiger partial charge in [0.15, 0.2) is 0 Å². The lowest BCUT2D eigenvalue weighted by Crippen LogP contribution is -2.50. The lowest BCUT2D eigenvalue weighted by molar-refractivity contribution is -0.143. The zero-order valence-electron chi connectivity index (χ0n) is 56.7. The van der Waals surface area contributed by atoms with E-state index < -0.39 is 64.6 Å². The highest BCUT2D eigenvalue weighted by molar-refractivity contribution is 5.96. The van der Waals surface area contributed by atoms with E-state index in [1.807, 2.05) is 105 Å². The van der Waals surface area contributed by atoms with E-state index in [-0.39, 0.29) is 55.5 Å². The summed E-state index contributed by atoms with van der Waals surface area (Å²) in [6.07, 6.45) is -4.36. The van der Waals surface area contributed by atoms with Gasteiger partial charge >= 0.3 is 18.4 Å². The summed E-state index contributed by atoms with van der Waals surface area (Å²) in [6.45, 7) is 5.94. The minimum atomic E-state index is -5.15. The van der Waals surface area contributed by atoms with Crippen LogP contribution in [0.15, 0.2) is 146 Å². The largest absolute Gasteiger partial charge is 0.465 e. The SMILES string of the molecule is CN(CCCCCC(=O)N(C)CCN1CCC(N(C(=O)O)c2ccccc2-c2ccccc2)CC1)Cc1cccc(C(=O)N(C)CCCN(C)C(=O)CO[C@H]2Cc3ccccc3C23CCN(CC[C@]2(c4ccc(F)cc4)CN(C(=O)c4cc(C(F)(F)F)cc(C(F)(F)F)c4)CO2)CC3)c1. The molecule has 1 aliphatic carbocycles. The molecule has 4 aliphatic rings. The average Bonchev–Trinajstić information content (AvgIpc) is 1.58. The van der Waals surface area contributed by atoms with E-state index in [0.717, 1.165) is 78.2 Å². The Morgan fingerprint density at radius 1 is 0.636 bits per heavy atom. The maximum atomic E-state index is 14.3. The first kappa shape index (κ1) is 73.5. The molecular formula is C76H89F7N8O8. The number of halogens is 7. The third-order valence-electron chi connectivity index (χ3n) is 20.4. The minimum absolute atomic E-state index is 0.0281. The molecule has 0 unspecified atom stereocenters. The van der Waals surface area contributed by atoms with Gasteiger partial charge in [-0.3, -0.25) is 24.1 Å². The van der Waals surface area contributed by atoms with Crippen LogP contribution >= 0.6 is 0 Å². The second-order valence-corrected chi connectivity index (χ2v) is 27.0. The molecule has 99 heavy (non-hydrogen) atoms. The molecule has 2 atom stereocenters. The summed E-state index contributed by atoms with van der Waals surface area (Å²) in [6, 6.07) is 39.4. The van der Waals surface area contributed by atoms with E-state index in [2.05, 4.69) is 26.8 Å². The van der Waals surface area contributed by atoms with Gasteiger partial charge in [-0.1, -0.05) is 103 Å². The molecule has 6 aromatic carbocycles. The standard InChI is InChI=1S/C76H89F7N8O8/c1-84(35-14-6-9-25-68(92)86(3)43-44-88-38-30-63(31-39-88)91(72(96)97)66-24-13-11-22-64(66)55-18-7-5-8-19-55)50-54-17-15-21-57(45-54)70(94)87(4)37-16-36-85(2)69(93)51-98-67-48-56-20-10-12-23-65(56)73(67)32-40-89(41-33-73)42-34-74(59-26-28-62(77)29-27-59)52-90(53-99-74)71(95)58-46-60(75(78,79)80)49-61(47-58)76(81,82)83/h5,7-8,10-13,15,17-24,26-29,45-47,49,63,67H,6,9,14,16,25,30-44,48,50-53H2,1-4H3,(H,96,97)/t67-,74+/m0/s1. The molecule has 23 heteroatoms. The zero-order chi connectivity index (χ0) is 70.7. The van der Waals surface area contributed by atoms with Crippen molar-refractivity contribution in [1.82, 2.24) is 34.3 Å². The van der Waals surface area contributed by atoms with E-state index in [0.29, 0.717) is 120 Å². The Labute approximate surface area is 574 Å². The van der Waals surface area contributed by atoms with Crippen LogP contribution in [-0.4, -0.2) is 195 Å². The van der Waals surface area contributed by atoms with Gasteiger partial charge in [0.2, 0.25) is 11.8 Å². The predicted octanol–water partition coefficient (Wildman–Crippen LogP) is 12.9. The lowest BCUT2D eigenvalue weighted by Gasteiger charge is -2.44. The molecule has 6 aromatic rings. The Morgan fingerprint density at radius 2 is 1.28 bits per heavy atom. The fourth-order valence-electron chi connectivity index (χ4n) is 14.6. The Hall–Kier alpha value is -8.22. The fraction of sp³-hybridized carbons (Fsp3) is 0.461. The van der Waals surface area contributed by atoms with Crippen molar-refractivity contribution >= 4 is 35.4 Å². The number of carbonyl (C=O) groups excluding carboxylic acids is 4. The van der Waals surface area contributed by atoms with Gasteiger partial charge in [-0.15, -0.1) is 0 Å². The Morgan fingerprint density at radius 3 is 1.98 bits per heavy atom. The number of ether oxygens (including phenoxy) is 2. The molecule has 3 aliphatic heterocycles. The maximum absolute atomic E-state index is 14.3. The fourth-order valence-corrected chi connectivity index (χ4v) is 14.6. The molecule has 1 N–H and O–H groups in total. The molecule has 0 saturated carbocycles. The summed E-state index contributed by atoms with van der Waals surface area (Å²) in [5.41, 5.74) is 1.24. The van der Waals surface area contributed by atoms with Crippen molar-refractivity contribution in [2.24, 2.45) is 0 Å². The molecule has 0 radical (unpaired) electrons. The third kappa shape index (κ3) is 18.2. The van der Waals surface area contributed by atoms with Gasteiger partial charge < -0.3 is 48.9 Å². The van der Waals surface area contributed by atoms with Crippen molar-refractivity contribution in [3.8, 4) is 11.1 Å². The minimum Gasteiger partial charge on any atom is -0.465 e. The van der Waals surface area contributed by atoms with E-state index in [1.54, 1.807) is 28.8 Å². The number of likely N-dealkylation sites (N-methyl/N-ethyl adjacent to an activating group) is 2. The number of amides is 5. The van der Waals surface area contributed by atoms with Gasteiger partial charge in [-0.2, -0.15) is 26.3 Å². The summed E-state index contributed by atoms with van der Waals surface area (Å²) < 4.78 is 110. The van der Waals surface area contributed by atoms with Crippen LogP contribution < -0.4 is 4.90 Å². The maximum Gasteiger partial charge on any atom is 0.416 e. The number of hydrogen-bond donors (Lipinski definition) is 1. The van der Waals surface area contributed by atoms with E-state index in [4.69, 9.17) is 9.47 Å². The first-order valence-electron chi connectivity index (χ1n) is 34.1. The lowest BCUT2D eigenvalue weighted by atomic mass is 9.72. The Balaban J connectivity index is 0.624. The van der Waals surface area contributed by atoms with Gasteiger partial charge in [0.25, 0.3) is 11.8 Å². The zero-order valence-corrected chi connectivity index (χ0v) is 56.7. The van der Waals surface area contributed by atoms with Crippen LogP contribution in [0.5, 0.6) is 0 Å². The predicted molar refractivity (Wildman–Crippen MR) is 363 cm³/mol.